The fourth-order valence-corrected chi connectivity index (χ4v) is 2.37. The van der Waals surface area contributed by atoms with Gasteiger partial charge in [-0.15, -0.1) is 0 Å². The second kappa shape index (κ2) is 6.68. The van der Waals surface area contributed by atoms with Crippen molar-refractivity contribution >= 4 is 5.91 Å². The van der Waals surface area contributed by atoms with Crippen LogP contribution in [0.15, 0.2) is 24.3 Å². The van der Waals surface area contributed by atoms with Crippen molar-refractivity contribution in [3.8, 4) is 0 Å². The summed E-state index contributed by atoms with van der Waals surface area (Å²) in [6.07, 6.45) is 1.09. The zero-order valence-electron chi connectivity index (χ0n) is 11.7. The van der Waals surface area contributed by atoms with E-state index >= 15 is 0 Å². The van der Waals surface area contributed by atoms with Gasteiger partial charge in [0.15, 0.2) is 0 Å². The second-order valence-electron chi connectivity index (χ2n) is 4.95. The van der Waals surface area contributed by atoms with E-state index in [1.54, 1.807) is 0 Å². The lowest BCUT2D eigenvalue weighted by atomic mass is 10.1. The zero-order valence-corrected chi connectivity index (χ0v) is 11.7. The summed E-state index contributed by atoms with van der Waals surface area (Å²) in [5.74, 6) is 0.121. The van der Waals surface area contributed by atoms with Gasteiger partial charge in [-0.05, 0) is 38.6 Å². The Bertz CT molecular complexity index is 434. The van der Waals surface area contributed by atoms with Crippen LogP contribution >= 0.6 is 0 Å². The van der Waals surface area contributed by atoms with E-state index in [0.29, 0.717) is 19.7 Å². The molecule has 1 aliphatic heterocycles. The fraction of sp³-hybridized carbons (Fsp3) is 0.533. The van der Waals surface area contributed by atoms with E-state index in [4.69, 9.17) is 4.74 Å². The molecule has 19 heavy (non-hydrogen) atoms. The maximum absolute atomic E-state index is 12.5. The number of carbonyl (C=O) groups excluding carboxylic acids is 1. The zero-order chi connectivity index (χ0) is 13.7. The quantitative estimate of drug-likeness (QED) is 0.893. The smallest absolute Gasteiger partial charge is 0.254 e. The van der Waals surface area contributed by atoms with Crippen molar-refractivity contribution in [3.63, 3.8) is 0 Å². The predicted molar refractivity (Wildman–Crippen MR) is 75.4 cm³/mol. The molecule has 0 radical (unpaired) electrons. The van der Waals surface area contributed by atoms with Gasteiger partial charge in [0, 0.05) is 18.7 Å². The number of ether oxygens (including phenoxy) is 1. The molecule has 4 nitrogen and oxygen atoms in total. The largest absolute Gasteiger partial charge is 0.374 e. The van der Waals surface area contributed by atoms with Gasteiger partial charge in [-0.3, -0.25) is 4.79 Å². The molecule has 104 valence electrons. The van der Waals surface area contributed by atoms with Gasteiger partial charge >= 0.3 is 0 Å². The van der Waals surface area contributed by atoms with Crippen molar-refractivity contribution in [1.82, 2.24) is 10.2 Å². The third kappa shape index (κ3) is 3.55. The molecule has 1 heterocycles. The molecular weight excluding hydrogens is 240 g/mol. The van der Waals surface area contributed by atoms with Crippen LogP contribution in [-0.2, 0) is 4.74 Å². The average Bonchev–Trinajstić information content (AvgIpc) is 2.45. The highest BCUT2D eigenvalue weighted by molar-refractivity contribution is 5.95. The van der Waals surface area contributed by atoms with Crippen LogP contribution in [0.4, 0.5) is 0 Å². The number of hydrogen-bond donors (Lipinski definition) is 1. The van der Waals surface area contributed by atoms with Crippen LogP contribution < -0.4 is 5.32 Å². The van der Waals surface area contributed by atoms with E-state index in [2.05, 4.69) is 5.32 Å². The number of morpholine rings is 1. The van der Waals surface area contributed by atoms with Gasteiger partial charge in [0.2, 0.25) is 0 Å². The summed E-state index contributed by atoms with van der Waals surface area (Å²) in [4.78, 5) is 14.4. The standard InChI is InChI=1S/C15H22N2O2/c1-12-5-3-4-6-14(12)15(18)17-9-10-19-13(11-17)7-8-16-2/h3-6,13,16H,7-11H2,1-2H3. The van der Waals surface area contributed by atoms with Gasteiger partial charge < -0.3 is 15.0 Å². The Morgan fingerprint density at radius 2 is 2.26 bits per heavy atom. The van der Waals surface area contributed by atoms with Crippen LogP contribution in [0.5, 0.6) is 0 Å². The van der Waals surface area contributed by atoms with E-state index in [9.17, 15) is 4.79 Å². The molecule has 4 heteroatoms. The minimum Gasteiger partial charge on any atom is -0.374 e. The third-order valence-electron chi connectivity index (χ3n) is 3.52. The van der Waals surface area contributed by atoms with Gasteiger partial charge in [-0.1, -0.05) is 18.2 Å². The maximum atomic E-state index is 12.5. The van der Waals surface area contributed by atoms with Crippen molar-refractivity contribution in [1.29, 1.82) is 0 Å². The van der Waals surface area contributed by atoms with Gasteiger partial charge in [0.05, 0.1) is 12.7 Å². The first kappa shape index (κ1) is 14.0. The lowest BCUT2D eigenvalue weighted by Crippen LogP contribution is -2.46. The average molecular weight is 262 g/mol. The number of nitrogens with one attached hydrogen (secondary N) is 1. The number of amides is 1. The highest BCUT2D eigenvalue weighted by Crippen LogP contribution is 2.15. The molecule has 1 N–H and O–H groups in total. The van der Waals surface area contributed by atoms with E-state index < -0.39 is 0 Å². The van der Waals surface area contributed by atoms with Crippen LogP contribution in [0.2, 0.25) is 0 Å². The predicted octanol–water partition coefficient (Wildman–Crippen LogP) is 1.45. The van der Waals surface area contributed by atoms with Crippen molar-refractivity contribution in [2.45, 2.75) is 19.4 Å². The summed E-state index contributed by atoms with van der Waals surface area (Å²) in [5, 5.41) is 3.12. The molecule has 1 saturated heterocycles. The molecule has 0 bridgehead atoms. The Morgan fingerprint density at radius 1 is 1.47 bits per heavy atom. The first-order chi connectivity index (χ1) is 9.22. The summed E-state index contributed by atoms with van der Waals surface area (Å²) in [7, 11) is 1.93. The van der Waals surface area contributed by atoms with E-state index in [1.807, 2.05) is 43.1 Å². The molecule has 1 atom stereocenters. The van der Waals surface area contributed by atoms with Crippen molar-refractivity contribution in [2.75, 3.05) is 33.3 Å². The summed E-state index contributed by atoms with van der Waals surface area (Å²) >= 11 is 0. The van der Waals surface area contributed by atoms with Crippen LogP contribution in [-0.4, -0.2) is 50.2 Å². The molecule has 1 unspecified atom stereocenters. The monoisotopic (exact) mass is 262 g/mol. The van der Waals surface area contributed by atoms with Crippen molar-refractivity contribution in [2.24, 2.45) is 0 Å². The Kier molecular flexibility index (Phi) is 4.93. The molecule has 1 amide bonds. The van der Waals surface area contributed by atoms with Gasteiger partial charge in [-0.25, -0.2) is 0 Å². The molecule has 1 aromatic carbocycles. The number of hydrogen-bond acceptors (Lipinski definition) is 3. The molecule has 1 aromatic rings. The van der Waals surface area contributed by atoms with Gasteiger partial charge in [0.25, 0.3) is 5.91 Å². The Morgan fingerprint density at radius 3 is 3.00 bits per heavy atom. The van der Waals surface area contributed by atoms with E-state index in [0.717, 1.165) is 24.1 Å². The van der Waals surface area contributed by atoms with Crippen molar-refractivity contribution < 1.29 is 9.53 Å². The summed E-state index contributed by atoms with van der Waals surface area (Å²) in [5.41, 5.74) is 1.84. The molecule has 0 aliphatic carbocycles. The Labute approximate surface area is 114 Å². The Balaban J connectivity index is 2.01. The Hall–Kier alpha value is -1.39. The van der Waals surface area contributed by atoms with Crippen molar-refractivity contribution in [3.05, 3.63) is 35.4 Å². The molecule has 1 fully saturated rings. The van der Waals surface area contributed by atoms with Crippen LogP contribution in [0.1, 0.15) is 22.3 Å². The van der Waals surface area contributed by atoms with E-state index in [-0.39, 0.29) is 12.0 Å². The minimum atomic E-state index is 0.121. The number of carbonyl (C=O) groups is 1. The number of benzene rings is 1. The SMILES string of the molecule is CNCCC1CN(C(=O)c2ccccc2C)CCO1. The van der Waals surface area contributed by atoms with Crippen LogP contribution in [0, 0.1) is 6.92 Å². The highest BCUT2D eigenvalue weighted by Gasteiger charge is 2.25. The molecule has 2 rings (SSSR count). The van der Waals surface area contributed by atoms with Crippen LogP contribution in [0.25, 0.3) is 0 Å². The van der Waals surface area contributed by atoms with Gasteiger partial charge in [0.1, 0.15) is 0 Å². The lowest BCUT2D eigenvalue weighted by molar-refractivity contribution is -0.0243. The number of aryl methyl sites for hydroxylation is 1. The molecule has 0 saturated carbocycles. The lowest BCUT2D eigenvalue weighted by Gasteiger charge is -2.33. The first-order valence-corrected chi connectivity index (χ1v) is 6.83. The maximum Gasteiger partial charge on any atom is 0.254 e. The first-order valence-electron chi connectivity index (χ1n) is 6.83. The molecule has 1 aliphatic rings. The molecule has 0 spiro atoms. The van der Waals surface area contributed by atoms with Gasteiger partial charge in [-0.2, -0.15) is 0 Å². The number of nitrogens with zero attached hydrogens (tertiary/aromatic N) is 1. The summed E-state index contributed by atoms with van der Waals surface area (Å²) in [6.45, 7) is 4.90. The highest BCUT2D eigenvalue weighted by atomic mass is 16.5. The second-order valence-corrected chi connectivity index (χ2v) is 4.95. The topological polar surface area (TPSA) is 41.6 Å². The summed E-state index contributed by atoms with van der Waals surface area (Å²) in [6, 6.07) is 7.75. The minimum absolute atomic E-state index is 0.121. The molecular formula is C15H22N2O2. The van der Waals surface area contributed by atoms with Crippen LogP contribution in [0.3, 0.4) is 0 Å². The third-order valence-corrected chi connectivity index (χ3v) is 3.52. The normalized spacial score (nSPS) is 19.5. The fourth-order valence-electron chi connectivity index (χ4n) is 2.37. The molecule has 0 aromatic heterocycles. The van der Waals surface area contributed by atoms with E-state index in [1.165, 1.54) is 0 Å². The summed E-state index contributed by atoms with van der Waals surface area (Å²) < 4.78 is 5.69. The number of rotatable bonds is 4.